The SMILES string of the molecule is COC(OC)C(C)N(C(=O)c1ccco1)c1c(C)ccc2ccccc12. The van der Waals surface area contributed by atoms with Crippen molar-refractivity contribution < 1.29 is 18.7 Å². The highest BCUT2D eigenvalue weighted by atomic mass is 16.7. The molecule has 3 rings (SSSR count). The van der Waals surface area contributed by atoms with Crippen molar-refractivity contribution in [1.29, 1.82) is 0 Å². The minimum atomic E-state index is -0.577. The van der Waals surface area contributed by atoms with E-state index in [-0.39, 0.29) is 17.7 Å². The van der Waals surface area contributed by atoms with Crippen LogP contribution in [0.2, 0.25) is 0 Å². The van der Waals surface area contributed by atoms with Crippen LogP contribution in [0.4, 0.5) is 5.69 Å². The molecule has 0 saturated heterocycles. The monoisotopic (exact) mass is 353 g/mol. The van der Waals surface area contributed by atoms with Gasteiger partial charge >= 0.3 is 0 Å². The van der Waals surface area contributed by atoms with E-state index in [1.54, 1.807) is 31.3 Å². The maximum absolute atomic E-state index is 13.3. The van der Waals surface area contributed by atoms with Gasteiger partial charge in [0.1, 0.15) is 0 Å². The van der Waals surface area contributed by atoms with E-state index in [1.807, 2.05) is 44.2 Å². The van der Waals surface area contributed by atoms with E-state index in [0.29, 0.717) is 0 Å². The average molecular weight is 353 g/mol. The van der Waals surface area contributed by atoms with Crippen LogP contribution in [0.5, 0.6) is 0 Å². The van der Waals surface area contributed by atoms with Gasteiger partial charge in [0.15, 0.2) is 12.1 Å². The number of aryl methyl sites for hydroxylation is 1. The molecular weight excluding hydrogens is 330 g/mol. The largest absolute Gasteiger partial charge is 0.459 e. The van der Waals surface area contributed by atoms with Crippen LogP contribution in [0.15, 0.2) is 59.2 Å². The second-order valence-electron chi connectivity index (χ2n) is 6.19. The Kier molecular flexibility index (Phi) is 5.40. The van der Waals surface area contributed by atoms with Crippen molar-refractivity contribution in [2.45, 2.75) is 26.2 Å². The van der Waals surface area contributed by atoms with Gasteiger partial charge in [-0.2, -0.15) is 0 Å². The standard InChI is InChI=1S/C21H23NO4/c1-14-11-12-16-8-5-6-9-17(16)19(14)22(15(2)21(24-3)25-4)20(23)18-10-7-13-26-18/h5-13,15,21H,1-4H3. The van der Waals surface area contributed by atoms with E-state index in [0.717, 1.165) is 22.0 Å². The molecule has 0 spiro atoms. The molecule has 5 nitrogen and oxygen atoms in total. The molecule has 0 bridgehead atoms. The number of hydrogen-bond acceptors (Lipinski definition) is 4. The van der Waals surface area contributed by atoms with Crippen molar-refractivity contribution in [2.24, 2.45) is 0 Å². The third-order valence-electron chi connectivity index (χ3n) is 4.56. The zero-order valence-corrected chi connectivity index (χ0v) is 15.4. The number of amides is 1. The molecule has 0 aliphatic carbocycles. The third-order valence-corrected chi connectivity index (χ3v) is 4.56. The Bertz CT molecular complexity index is 884. The van der Waals surface area contributed by atoms with E-state index < -0.39 is 6.29 Å². The van der Waals surface area contributed by atoms with Crippen LogP contribution in [-0.4, -0.2) is 32.5 Å². The zero-order chi connectivity index (χ0) is 18.7. The Balaban J connectivity index is 2.21. The normalized spacial score (nSPS) is 12.5. The van der Waals surface area contributed by atoms with Crippen LogP contribution >= 0.6 is 0 Å². The highest BCUT2D eigenvalue weighted by Crippen LogP contribution is 2.34. The number of furan rings is 1. The molecule has 0 aliphatic rings. The highest BCUT2D eigenvalue weighted by molar-refractivity contribution is 6.10. The first-order valence-electron chi connectivity index (χ1n) is 8.49. The molecule has 0 saturated carbocycles. The Morgan fingerprint density at radius 2 is 1.77 bits per heavy atom. The minimum Gasteiger partial charge on any atom is -0.459 e. The van der Waals surface area contributed by atoms with Gasteiger partial charge in [-0.3, -0.25) is 9.69 Å². The second-order valence-corrected chi connectivity index (χ2v) is 6.19. The molecule has 1 aromatic heterocycles. The fourth-order valence-electron chi connectivity index (χ4n) is 3.30. The number of nitrogens with zero attached hydrogens (tertiary/aromatic N) is 1. The molecule has 1 amide bonds. The van der Waals surface area contributed by atoms with Crippen LogP contribution in [0, 0.1) is 6.92 Å². The third kappa shape index (κ3) is 3.23. The molecule has 0 radical (unpaired) electrons. The lowest BCUT2D eigenvalue weighted by molar-refractivity contribution is -0.113. The van der Waals surface area contributed by atoms with Gasteiger partial charge in [0, 0.05) is 19.6 Å². The molecule has 0 fully saturated rings. The summed E-state index contributed by atoms with van der Waals surface area (Å²) >= 11 is 0. The predicted octanol–water partition coefficient (Wildman–Crippen LogP) is 4.40. The van der Waals surface area contributed by atoms with E-state index in [1.165, 1.54) is 6.26 Å². The fourth-order valence-corrected chi connectivity index (χ4v) is 3.30. The lowest BCUT2D eigenvalue weighted by atomic mass is 10.0. The quantitative estimate of drug-likeness (QED) is 0.617. The van der Waals surface area contributed by atoms with Crippen molar-refractivity contribution in [3.05, 3.63) is 66.1 Å². The van der Waals surface area contributed by atoms with E-state index in [2.05, 4.69) is 6.07 Å². The van der Waals surface area contributed by atoms with Gasteiger partial charge in [-0.05, 0) is 36.9 Å². The summed E-state index contributed by atoms with van der Waals surface area (Å²) < 4.78 is 16.2. The summed E-state index contributed by atoms with van der Waals surface area (Å²) in [5, 5.41) is 2.05. The number of benzene rings is 2. The summed E-state index contributed by atoms with van der Waals surface area (Å²) in [5.41, 5.74) is 1.82. The first-order chi connectivity index (χ1) is 12.6. The molecule has 5 heteroatoms. The number of rotatable bonds is 6. The summed E-state index contributed by atoms with van der Waals surface area (Å²) in [6.45, 7) is 3.89. The van der Waals surface area contributed by atoms with Gasteiger partial charge in [-0.25, -0.2) is 0 Å². The van der Waals surface area contributed by atoms with Crippen molar-refractivity contribution in [2.75, 3.05) is 19.1 Å². The summed E-state index contributed by atoms with van der Waals surface area (Å²) in [7, 11) is 3.13. The molecule has 136 valence electrons. The van der Waals surface area contributed by atoms with Crippen molar-refractivity contribution in [3.8, 4) is 0 Å². The van der Waals surface area contributed by atoms with Crippen LogP contribution in [0.25, 0.3) is 10.8 Å². The number of anilines is 1. The molecule has 1 heterocycles. The van der Waals surface area contributed by atoms with Gasteiger partial charge in [0.25, 0.3) is 5.91 Å². The number of ether oxygens (including phenoxy) is 2. The van der Waals surface area contributed by atoms with Crippen molar-refractivity contribution in [3.63, 3.8) is 0 Å². The summed E-state index contributed by atoms with van der Waals surface area (Å²) in [6.07, 6.45) is 0.920. The summed E-state index contributed by atoms with van der Waals surface area (Å²) in [5.74, 6) is 0.0381. The minimum absolute atomic E-state index is 0.235. The summed E-state index contributed by atoms with van der Waals surface area (Å²) in [4.78, 5) is 15.0. The topological polar surface area (TPSA) is 51.9 Å². The highest BCUT2D eigenvalue weighted by Gasteiger charge is 2.32. The van der Waals surface area contributed by atoms with Crippen LogP contribution in [0.3, 0.4) is 0 Å². The van der Waals surface area contributed by atoms with Gasteiger partial charge in [-0.15, -0.1) is 0 Å². The fraction of sp³-hybridized carbons (Fsp3) is 0.286. The molecule has 26 heavy (non-hydrogen) atoms. The van der Waals surface area contributed by atoms with Gasteiger partial charge in [0.2, 0.25) is 0 Å². The van der Waals surface area contributed by atoms with Crippen molar-refractivity contribution in [1.82, 2.24) is 0 Å². The summed E-state index contributed by atoms with van der Waals surface area (Å²) in [6, 6.07) is 15.1. The second kappa shape index (κ2) is 7.72. The molecule has 1 unspecified atom stereocenters. The number of fused-ring (bicyclic) bond motifs is 1. The van der Waals surface area contributed by atoms with E-state index in [9.17, 15) is 4.79 Å². The number of methoxy groups -OCH3 is 2. The Morgan fingerprint density at radius 3 is 2.42 bits per heavy atom. The maximum Gasteiger partial charge on any atom is 0.294 e. The predicted molar refractivity (Wildman–Crippen MR) is 101 cm³/mol. The van der Waals surface area contributed by atoms with Crippen LogP contribution in [-0.2, 0) is 9.47 Å². The first kappa shape index (κ1) is 18.2. The number of hydrogen-bond donors (Lipinski definition) is 0. The van der Waals surface area contributed by atoms with Crippen molar-refractivity contribution >= 4 is 22.4 Å². The zero-order valence-electron chi connectivity index (χ0n) is 15.4. The average Bonchev–Trinajstić information content (AvgIpc) is 3.19. The lowest BCUT2D eigenvalue weighted by Crippen LogP contribution is -2.47. The van der Waals surface area contributed by atoms with Gasteiger partial charge < -0.3 is 13.9 Å². The maximum atomic E-state index is 13.3. The molecule has 2 aromatic carbocycles. The number of carbonyl (C=O) groups excluding carboxylic acids is 1. The Labute approximate surface area is 153 Å². The van der Waals surface area contributed by atoms with Gasteiger partial charge in [0.05, 0.1) is 18.0 Å². The van der Waals surface area contributed by atoms with Crippen LogP contribution in [0.1, 0.15) is 23.0 Å². The molecule has 0 aliphatic heterocycles. The van der Waals surface area contributed by atoms with E-state index in [4.69, 9.17) is 13.9 Å². The molecule has 1 atom stereocenters. The molecular formula is C21H23NO4. The van der Waals surface area contributed by atoms with Crippen LogP contribution < -0.4 is 4.90 Å². The smallest absolute Gasteiger partial charge is 0.294 e. The van der Waals surface area contributed by atoms with Gasteiger partial charge in [-0.1, -0.05) is 36.4 Å². The molecule has 3 aromatic rings. The first-order valence-corrected chi connectivity index (χ1v) is 8.49. The Hall–Kier alpha value is -2.63. The van der Waals surface area contributed by atoms with E-state index >= 15 is 0 Å². The Morgan fingerprint density at radius 1 is 1.04 bits per heavy atom. The lowest BCUT2D eigenvalue weighted by Gasteiger charge is -2.34. The molecule has 0 N–H and O–H groups in total. The number of carbonyl (C=O) groups is 1.